The van der Waals surface area contributed by atoms with E-state index in [0.717, 1.165) is 18.4 Å². The van der Waals surface area contributed by atoms with Crippen LogP contribution in [0.4, 0.5) is 4.39 Å². The zero-order chi connectivity index (χ0) is 21.1. The Morgan fingerprint density at radius 3 is 3.00 bits per heavy atom. The minimum absolute atomic E-state index is 0.143. The van der Waals surface area contributed by atoms with Crippen LogP contribution in [0.3, 0.4) is 0 Å². The Bertz CT molecular complexity index is 1160. The molecule has 2 N–H and O–H groups in total. The van der Waals surface area contributed by atoms with Crippen molar-refractivity contribution in [2.75, 3.05) is 13.3 Å². The van der Waals surface area contributed by atoms with Gasteiger partial charge < -0.3 is 14.5 Å². The van der Waals surface area contributed by atoms with Gasteiger partial charge in [0.05, 0.1) is 22.5 Å². The number of unbranched alkanes of at least 4 members (excludes halogenated alkanes) is 1. The average molecular weight is 452 g/mol. The Morgan fingerprint density at radius 2 is 2.17 bits per heavy atom. The highest BCUT2D eigenvalue weighted by Crippen LogP contribution is 2.34. The minimum Gasteiger partial charge on any atom is -0.467 e. The van der Waals surface area contributed by atoms with Crippen LogP contribution in [-0.4, -0.2) is 31.7 Å². The number of aromatic nitrogens is 2. The van der Waals surface area contributed by atoms with Crippen molar-refractivity contribution in [3.05, 3.63) is 47.3 Å². The molecule has 1 aromatic heterocycles. The molecule has 0 saturated heterocycles. The highest BCUT2D eigenvalue weighted by molar-refractivity contribution is 7.98. The molecule has 0 amide bonds. The molecule has 4 rings (SSSR count). The fourth-order valence-electron chi connectivity index (χ4n) is 3.18. The summed E-state index contributed by atoms with van der Waals surface area (Å²) in [7, 11) is -3.56. The molecular weight excluding hydrogens is 429 g/mol. The molecule has 0 fully saturated rings. The maximum Gasteiger partial charge on any atom is 0.240 e. The van der Waals surface area contributed by atoms with Gasteiger partial charge in [-0.3, -0.25) is 0 Å². The Kier molecular flexibility index (Phi) is 6.28. The Labute approximate surface area is 178 Å². The van der Waals surface area contributed by atoms with E-state index in [4.69, 9.17) is 9.47 Å². The van der Waals surface area contributed by atoms with E-state index in [2.05, 4.69) is 14.7 Å². The van der Waals surface area contributed by atoms with Crippen LogP contribution in [0, 0.1) is 5.82 Å². The molecule has 0 radical (unpaired) electrons. The normalized spacial score (nSPS) is 13.9. The minimum atomic E-state index is -3.56. The molecule has 30 heavy (non-hydrogen) atoms. The lowest BCUT2D eigenvalue weighted by Gasteiger charge is -2.20. The first kappa shape index (κ1) is 21.1. The number of thioether (sulfide) groups is 1. The highest BCUT2D eigenvalue weighted by atomic mass is 32.2. The monoisotopic (exact) mass is 451 g/mol. The molecule has 0 atom stereocenters. The number of halogens is 1. The second kappa shape index (κ2) is 8.93. The predicted molar refractivity (Wildman–Crippen MR) is 112 cm³/mol. The largest absolute Gasteiger partial charge is 0.467 e. The van der Waals surface area contributed by atoms with E-state index in [1.807, 2.05) is 6.92 Å². The molecule has 3 aromatic rings. The molecule has 1 aliphatic heterocycles. The maximum atomic E-state index is 13.9. The summed E-state index contributed by atoms with van der Waals surface area (Å²) in [6, 6.07) is 7.66. The van der Waals surface area contributed by atoms with Gasteiger partial charge in [-0.1, -0.05) is 25.1 Å². The summed E-state index contributed by atoms with van der Waals surface area (Å²) in [5.41, 5.74) is 2.70. The number of sulfonamides is 1. The van der Waals surface area contributed by atoms with Gasteiger partial charge in [0.15, 0.2) is 11.9 Å². The van der Waals surface area contributed by atoms with Gasteiger partial charge in [0.25, 0.3) is 0 Å². The van der Waals surface area contributed by atoms with Gasteiger partial charge in [-0.25, -0.2) is 22.5 Å². The SMILES string of the molecule is CCCCNS(=O)(=O)c1ccc2nc(SCc3cc(F)cc4c3OCOC4)[nH]c2c1. The predicted octanol–water partition coefficient (Wildman–Crippen LogP) is 3.94. The van der Waals surface area contributed by atoms with E-state index in [0.29, 0.717) is 46.4 Å². The fourth-order valence-corrected chi connectivity index (χ4v) is 5.13. The molecule has 1 aliphatic rings. The van der Waals surface area contributed by atoms with Gasteiger partial charge in [-0.2, -0.15) is 0 Å². The van der Waals surface area contributed by atoms with Gasteiger partial charge in [0.2, 0.25) is 10.0 Å². The van der Waals surface area contributed by atoms with Crippen LogP contribution in [0.15, 0.2) is 40.4 Å². The number of fused-ring (bicyclic) bond motifs is 2. The molecule has 0 spiro atoms. The average Bonchev–Trinajstić information content (AvgIpc) is 3.14. The first-order valence-electron chi connectivity index (χ1n) is 9.60. The number of hydrogen-bond acceptors (Lipinski definition) is 6. The van der Waals surface area contributed by atoms with E-state index in [-0.39, 0.29) is 17.5 Å². The van der Waals surface area contributed by atoms with Crippen molar-refractivity contribution in [1.29, 1.82) is 0 Å². The number of H-pyrrole nitrogens is 1. The summed E-state index contributed by atoms with van der Waals surface area (Å²) in [4.78, 5) is 7.83. The Balaban J connectivity index is 1.52. The maximum absolute atomic E-state index is 13.9. The molecular formula is C20H22FN3O4S2. The van der Waals surface area contributed by atoms with Gasteiger partial charge in [-0.15, -0.1) is 0 Å². The van der Waals surface area contributed by atoms with Gasteiger partial charge in [0, 0.05) is 23.4 Å². The zero-order valence-corrected chi connectivity index (χ0v) is 18.0. The van der Waals surface area contributed by atoms with E-state index >= 15 is 0 Å². The molecule has 0 saturated carbocycles. The number of rotatable bonds is 8. The first-order valence-corrected chi connectivity index (χ1v) is 12.1. The van der Waals surface area contributed by atoms with E-state index in [1.165, 1.54) is 23.9 Å². The third-order valence-electron chi connectivity index (χ3n) is 4.68. The third kappa shape index (κ3) is 4.61. The van der Waals surface area contributed by atoms with Crippen molar-refractivity contribution in [3.8, 4) is 5.75 Å². The molecule has 7 nitrogen and oxygen atoms in total. The smallest absolute Gasteiger partial charge is 0.240 e. The summed E-state index contributed by atoms with van der Waals surface area (Å²) >= 11 is 1.39. The topological polar surface area (TPSA) is 93.3 Å². The third-order valence-corrected chi connectivity index (χ3v) is 7.06. The van der Waals surface area contributed by atoms with Crippen LogP contribution in [0.1, 0.15) is 30.9 Å². The second-order valence-corrected chi connectivity index (χ2v) is 9.66. The number of nitrogens with zero attached hydrogens (tertiary/aromatic N) is 1. The summed E-state index contributed by atoms with van der Waals surface area (Å²) in [5, 5.41) is 0.614. The summed E-state index contributed by atoms with van der Waals surface area (Å²) < 4.78 is 52.1. The molecule has 10 heteroatoms. The van der Waals surface area contributed by atoms with E-state index < -0.39 is 10.0 Å². The summed E-state index contributed by atoms with van der Waals surface area (Å²) in [6.45, 7) is 2.87. The Morgan fingerprint density at radius 1 is 1.30 bits per heavy atom. The van der Waals surface area contributed by atoms with E-state index in [9.17, 15) is 12.8 Å². The van der Waals surface area contributed by atoms with Crippen LogP contribution >= 0.6 is 11.8 Å². The van der Waals surface area contributed by atoms with Crippen molar-refractivity contribution < 1.29 is 22.3 Å². The zero-order valence-electron chi connectivity index (χ0n) is 16.4. The van der Waals surface area contributed by atoms with Crippen molar-refractivity contribution in [2.24, 2.45) is 0 Å². The molecule has 2 aromatic carbocycles. The second-order valence-electron chi connectivity index (χ2n) is 6.92. The van der Waals surface area contributed by atoms with Crippen LogP contribution in [0.5, 0.6) is 5.75 Å². The number of ether oxygens (including phenoxy) is 2. The van der Waals surface area contributed by atoms with Crippen LogP contribution < -0.4 is 9.46 Å². The van der Waals surface area contributed by atoms with Gasteiger partial charge in [0.1, 0.15) is 11.6 Å². The first-order chi connectivity index (χ1) is 14.5. The molecule has 0 bridgehead atoms. The lowest BCUT2D eigenvalue weighted by atomic mass is 10.1. The van der Waals surface area contributed by atoms with E-state index in [1.54, 1.807) is 18.2 Å². The highest BCUT2D eigenvalue weighted by Gasteiger charge is 2.18. The quantitative estimate of drug-likeness (QED) is 0.398. The summed E-state index contributed by atoms with van der Waals surface area (Å²) in [5.74, 6) is 0.759. The number of nitrogens with one attached hydrogen (secondary N) is 2. The van der Waals surface area contributed by atoms with Crippen molar-refractivity contribution in [3.63, 3.8) is 0 Å². The number of aromatic amines is 1. The molecule has 2 heterocycles. The lowest BCUT2D eigenvalue weighted by molar-refractivity contribution is -0.0171. The van der Waals surface area contributed by atoms with Crippen LogP contribution in [-0.2, 0) is 27.1 Å². The van der Waals surface area contributed by atoms with Crippen molar-refractivity contribution in [1.82, 2.24) is 14.7 Å². The number of imidazole rings is 1. The van der Waals surface area contributed by atoms with Crippen LogP contribution in [0.2, 0.25) is 0 Å². The number of hydrogen-bond donors (Lipinski definition) is 2. The molecule has 0 aliphatic carbocycles. The van der Waals surface area contributed by atoms with Crippen molar-refractivity contribution in [2.45, 2.75) is 42.2 Å². The van der Waals surface area contributed by atoms with Crippen LogP contribution in [0.25, 0.3) is 11.0 Å². The van der Waals surface area contributed by atoms with Gasteiger partial charge >= 0.3 is 0 Å². The molecule has 0 unspecified atom stereocenters. The number of benzene rings is 2. The fraction of sp³-hybridized carbons (Fsp3) is 0.350. The molecule has 160 valence electrons. The Hall–Kier alpha value is -2.14. The standard InChI is InChI=1S/C20H22FN3O4S2/c1-2-3-6-22-30(25,26)16-4-5-17-18(9-16)24-20(23-17)29-11-14-8-15(21)7-13-10-27-12-28-19(13)14/h4-5,7-9,22H,2-3,6,10-12H2,1H3,(H,23,24). The van der Waals surface area contributed by atoms with Gasteiger partial charge in [-0.05, 0) is 36.8 Å². The summed E-state index contributed by atoms with van der Waals surface area (Å²) in [6.07, 6.45) is 1.70. The van der Waals surface area contributed by atoms with Crippen molar-refractivity contribution >= 4 is 32.8 Å². The lowest BCUT2D eigenvalue weighted by Crippen LogP contribution is -2.24.